The zero-order chi connectivity index (χ0) is 29.1. The predicted octanol–water partition coefficient (Wildman–Crippen LogP) is 3.64. The number of nitrogens with one attached hydrogen (secondary N) is 1. The molecule has 0 radical (unpaired) electrons. The van der Waals surface area contributed by atoms with Crippen LogP contribution in [0.1, 0.15) is 68.7 Å². The molecule has 0 atom stereocenters. The van der Waals surface area contributed by atoms with Gasteiger partial charge in [-0.15, -0.1) is 0 Å². The Morgan fingerprint density at radius 3 is 1.00 bits per heavy atom. The largest absolute Gasteiger partial charge is 0.516 e. The fourth-order valence-electron chi connectivity index (χ4n) is 4.66. The molecule has 0 rings (SSSR count). The second-order valence-electron chi connectivity index (χ2n) is 7.72. The van der Waals surface area contributed by atoms with Gasteiger partial charge in [0.25, 0.3) is 0 Å². The fraction of sp³-hybridized carbons (Fsp3) is 0.875. The number of amides is 1. The molecular formula is C24H53NO10Si3. The zero-order valence-electron chi connectivity index (χ0n) is 25.1. The summed E-state index contributed by atoms with van der Waals surface area (Å²) in [6, 6.07) is 0. The van der Waals surface area contributed by atoms with E-state index in [2.05, 4.69) is 11.9 Å². The van der Waals surface area contributed by atoms with Crippen LogP contribution in [0.15, 0.2) is 12.7 Å². The summed E-state index contributed by atoms with van der Waals surface area (Å²) in [6.07, 6.45) is 1.40. The lowest BCUT2D eigenvalue weighted by molar-refractivity contribution is -0.116. The second kappa shape index (κ2) is 19.6. The van der Waals surface area contributed by atoms with Crippen molar-refractivity contribution in [2.45, 2.75) is 73.0 Å². The fourth-order valence-corrected chi connectivity index (χ4v) is 20.7. The van der Waals surface area contributed by atoms with Crippen LogP contribution in [0, 0.1) is 0 Å². The van der Waals surface area contributed by atoms with E-state index in [1.807, 2.05) is 62.3 Å². The Bertz CT molecular complexity index is 543. The van der Waals surface area contributed by atoms with E-state index in [-0.39, 0.29) is 78.3 Å². The highest BCUT2D eigenvalue weighted by Gasteiger charge is 2.89. The minimum Gasteiger partial charge on any atom is -0.373 e. The van der Waals surface area contributed by atoms with Crippen LogP contribution in [-0.2, 0) is 44.6 Å². The Morgan fingerprint density at radius 2 is 0.816 bits per heavy atom. The summed E-state index contributed by atoms with van der Waals surface area (Å²) in [4.78, 5) is 12.3. The van der Waals surface area contributed by atoms with Crippen LogP contribution >= 0.6 is 0 Å². The average molecular weight is 600 g/mol. The van der Waals surface area contributed by atoms with Crippen LogP contribution < -0.4 is 5.32 Å². The lowest BCUT2D eigenvalue weighted by Crippen LogP contribution is -2.82. The molecular weight excluding hydrogens is 547 g/mol. The molecule has 38 heavy (non-hydrogen) atoms. The van der Waals surface area contributed by atoms with E-state index in [0.29, 0.717) is 0 Å². The highest BCUT2D eigenvalue weighted by atomic mass is 28.5. The third kappa shape index (κ3) is 8.27. The summed E-state index contributed by atoms with van der Waals surface area (Å²) in [6.45, 7) is 23.1. The number of hydrogen-bond acceptors (Lipinski definition) is 10. The van der Waals surface area contributed by atoms with E-state index in [0.717, 1.165) is 0 Å². The third-order valence-corrected chi connectivity index (χ3v) is 21.0. The van der Waals surface area contributed by atoms with Gasteiger partial charge in [-0.05, 0) is 74.8 Å². The quantitative estimate of drug-likeness (QED) is 0.123. The monoisotopic (exact) mass is 599 g/mol. The Hall–Kier alpha value is -0.499. The molecule has 11 nitrogen and oxygen atoms in total. The van der Waals surface area contributed by atoms with Gasteiger partial charge in [-0.1, -0.05) is 6.58 Å². The molecule has 14 heteroatoms. The van der Waals surface area contributed by atoms with Crippen molar-refractivity contribution in [1.29, 1.82) is 0 Å². The predicted molar refractivity (Wildman–Crippen MR) is 152 cm³/mol. The standard InChI is InChI=1S/C24H53NO10Si3/c1-11-23(26)25-22-21-24(36(27-12-2,28-13-3)29-14-4,37(30-15-5,31-16-6)32-17-7)38(33-18-8,34-19-9)35-20-10/h11H,1,12-22H2,2-10H3,(H,25,26). The van der Waals surface area contributed by atoms with Gasteiger partial charge in [0.2, 0.25) is 5.91 Å². The Balaban J connectivity index is 8.20. The summed E-state index contributed by atoms with van der Waals surface area (Å²) in [5.41, 5.74) is 0. The average Bonchev–Trinajstić information content (AvgIpc) is 2.87. The molecule has 0 bridgehead atoms. The van der Waals surface area contributed by atoms with Gasteiger partial charge in [0.1, 0.15) is 0 Å². The molecule has 0 saturated heterocycles. The van der Waals surface area contributed by atoms with Crippen molar-refractivity contribution in [2.75, 3.05) is 66.0 Å². The molecule has 0 aromatic heterocycles. The van der Waals surface area contributed by atoms with Crippen LogP contribution in [0.3, 0.4) is 0 Å². The number of carbonyl (C=O) groups excluding carboxylic acids is 1. The first kappa shape index (κ1) is 37.5. The van der Waals surface area contributed by atoms with E-state index in [4.69, 9.17) is 39.8 Å². The van der Waals surface area contributed by atoms with Crippen molar-refractivity contribution in [2.24, 2.45) is 0 Å². The highest BCUT2D eigenvalue weighted by Crippen LogP contribution is 2.59. The van der Waals surface area contributed by atoms with Gasteiger partial charge in [0, 0.05) is 66.0 Å². The minimum atomic E-state index is -3.96. The third-order valence-electron chi connectivity index (χ3n) is 5.56. The van der Waals surface area contributed by atoms with Gasteiger partial charge in [-0.3, -0.25) is 4.79 Å². The van der Waals surface area contributed by atoms with Crippen molar-refractivity contribution in [3.05, 3.63) is 12.7 Å². The van der Waals surface area contributed by atoms with Crippen LogP contribution in [0.25, 0.3) is 0 Å². The van der Waals surface area contributed by atoms with Crippen LogP contribution in [0.2, 0.25) is 4.28 Å². The van der Waals surface area contributed by atoms with Gasteiger partial charge in [0.15, 0.2) is 4.28 Å². The van der Waals surface area contributed by atoms with Crippen LogP contribution in [-0.4, -0.2) is 98.3 Å². The second-order valence-corrected chi connectivity index (χ2v) is 17.7. The van der Waals surface area contributed by atoms with Crippen molar-refractivity contribution in [1.82, 2.24) is 5.32 Å². The lowest BCUT2D eigenvalue weighted by atomic mass is 10.4. The molecule has 0 fully saturated rings. The van der Waals surface area contributed by atoms with Gasteiger partial charge in [-0.25, -0.2) is 0 Å². The van der Waals surface area contributed by atoms with E-state index in [1.54, 1.807) is 0 Å². The first-order chi connectivity index (χ1) is 18.3. The number of hydrogen-bond donors (Lipinski definition) is 1. The molecule has 0 saturated carbocycles. The van der Waals surface area contributed by atoms with Crippen LogP contribution in [0.4, 0.5) is 0 Å². The van der Waals surface area contributed by atoms with Gasteiger partial charge in [0.05, 0.1) is 0 Å². The minimum absolute atomic E-state index is 0.163. The van der Waals surface area contributed by atoms with E-state index in [1.165, 1.54) is 6.08 Å². The first-order valence-corrected chi connectivity index (χ1v) is 19.1. The summed E-state index contributed by atoms with van der Waals surface area (Å²) in [5.74, 6) is -0.330. The maximum absolute atomic E-state index is 12.3. The molecule has 1 amide bonds. The molecule has 0 heterocycles. The molecule has 0 aliphatic rings. The van der Waals surface area contributed by atoms with Crippen molar-refractivity contribution < 1.29 is 44.6 Å². The lowest BCUT2D eigenvalue weighted by Gasteiger charge is -2.55. The van der Waals surface area contributed by atoms with Crippen molar-refractivity contribution in [3.8, 4) is 0 Å². The Morgan fingerprint density at radius 1 is 0.579 bits per heavy atom. The van der Waals surface area contributed by atoms with E-state index >= 15 is 0 Å². The topological polar surface area (TPSA) is 112 Å². The molecule has 0 unspecified atom stereocenters. The number of carbonyl (C=O) groups is 1. The number of rotatable bonds is 25. The normalized spacial score (nSPS) is 13.1. The molecule has 0 spiro atoms. The van der Waals surface area contributed by atoms with Gasteiger partial charge < -0.3 is 45.2 Å². The van der Waals surface area contributed by atoms with E-state index < -0.39 is 30.7 Å². The Labute approximate surface area is 233 Å². The molecule has 0 aliphatic carbocycles. The maximum Gasteiger partial charge on any atom is 0.516 e. The smallest absolute Gasteiger partial charge is 0.373 e. The van der Waals surface area contributed by atoms with Gasteiger partial charge >= 0.3 is 26.4 Å². The maximum atomic E-state index is 12.3. The highest BCUT2D eigenvalue weighted by molar-refractivity contribution is 7.02. The summed E-state index contributed by atoms with van der Waals surface area (Å²) in [7, 11) is -11.9. The molecule has 0 aliphatic heterocycles. The van der Waals surface area contributed by atoms with Crippen molar-refractivity contribution in [3.63, 3.8) is 0 Å². The molecule has 0 aromatic carbocycles. The van der Waals surface area contributed by atoms with E-state index in [9.17, 15) is 4.79 Å². The first-order valence-electron chi connectivity index (χ1n) is 13.9. The summed E-state index contributed by atoms with van der Waals surface area (Å²) < 4.78 is 58.0. The Kier molecular flexibility index (Phi) is 19.3. The summed E-state index contributed by atoms with van der Waals surface area (Å²) in [5, 5.41) is 2.89. The molecule has 0 aromatic rings. The summed E-state index contributed by atoms with van der Waals surface area (Å²) >= 11 is 0. The van der Waals surface area contributed by atoms with Crippen molar-refractivity contribution >= 4 is 32.3 Å². The zero-order valence-corrected chi connectivity index (χ0v) is 28.1. The SMILES string of the molecule is C=CC(=O)NCCC([Si](OCC)(OCC)OCC)([Si](OCC)(OCC)OCC)[Si](OCC)(OCC)OCC. The van der Waals surface area contributed by atoms with Crippen LogP contribution in [0.5, 0.6) is 0 Å². The molecule has 226 valence electrons. The molecule has 1 N–H and O–H groups in total. The van der Waals surface area contributed by atoms with Gasteiger partial charge in [-0.2, -0.15) is 0 Å².